The first-order chi connectivity index (χ1) is 8.04. The highest BCUT2D eigenvalue weighted by atomic mass is 32.2. The van der Waals surface area contributed by atoms with Gasteiger partial charge in [0.05, 0.1) is 6.20 Å². The molecule has 3 atom stereocenters. The zero-order valence-electron chi connectivity index (χ0n) is 11.1. The van der Waals surface area contributed by atoms with Crippen LogP contribution in [0.4, 0.5) is 0 Å². The van der Waals surface area contributed by atoms with Crippen LogP contribution in [0.15, 0.2) is 12.4 Å². The van der Waals surface area contributed by atoms with Crippen LogP contribution in [0.3, 0.4) is 0 Å². The maximum Gasteiger partial charge on any atom is 0.0537 e. The van der Waals surface area contributed by atoms with E-state index in [1.807, 2.05) is 17.8 Å². The van der Waals surface area contributed by atoms with Gasteiger partial charge < -0.3 is 5.32 Å². The van der Waals surface area contributed by atoms with E-state index in [9.17, 15) is 4.21 Å². The second-order valence-electron chi connectivity index (χ2n) is 4.40. The maximum absolute atomic E-state index is 11.2. The van der Waals surface area contributed by atoms with Gasteiger partial charge in [-0.3, -0.25) is 8.89 Å². The van der Waals surface area contributed by atoms with Crippen molar-refractivity contribution in [2.45, 2.75) is 45.0 Å². The summed E-state index contributed by atoms with van der Waals surface area (Å²) in [5.41, 5.74) is 1.21. The van der Waals surface area contributed by atoms with E-state index in [2.05, 4.69) is 30.5 Å². The Morgan fingerprint density at radius 2 is 2.24 bits per heavy atom. The highest BCUT2D eigenvalue weighted by molar-refractivity contribution is 7.84. The van der Waals surface area contributed by atoms with E-state index in [0.717, 1.165) is 19.5 Å². The van der Waals surface area contributed by atoms with E-state index in [4.69, 9.17) is 0 Å². The van der Waals surface area contributed by atoms with Gasteiger partial charge in [-0.05, 0) is 26.8 Å². The Bertz CT molecular complexity index is 364. The molecule has 1 rings (SSSR count). The van der Waals surface area contributed by atoms with Gasteiger partial charge in [0.15, 0.2) is 0 Å². The van der Waals surface area contributed by atoms with Gasteiger partial charge in [-0.1, -0.05) is 6.92 Å². The second-order valence-corrected chi connectivity index (χ2v) is 6.20. The van der Waals surface area contributed by atoms with Gasteiger partial charge in [0.2, 0.25) is 0 Å². The zero-order valence-corrected chi connectivity index (χ0v) is 12.0. The lowest BCUT2D eigenvalue weighted by molar-refractivity contribution is 0.552. The van der Waals surface area contributed by atoms with E-state index in [1.165, 1.54) is 5.56 Å². The Balaban J connectivity index is 2.34. The van der Waals surface area contributed by atoms with Gasteiger partial charge in [0.25, 0.3) is 0 Å². The summed E-state index contributed by atoms with van der Waals surface area (Å²) in [6.07, 6.45) is 6.68. The smallest absolute Gasteiger partial charge is 0.0537 e. The molecule has 0 fully saturated rings. The van der Waals surface area contributed by atoms with Crippen LogP contribution < -0.4 is 5.32 Å². The second kappa shape index (κ2) is 6.91. The first kappa shape index (κ1) is 14.4. The third-order valence-corrected chi connectivity index (χ3v) is 4.41. The largest absolute Gasteiger partial charge is 0.310 e. The van der Waals surface area contributed by atoms with Crippen molar-refractivity contribution < 1.29 is 4.21 Å². The Kier molecular flexibility index (Phi) is 5.85. The van der Waals surface area contributed by atoms with Crippen molar-refractivity contribution in [3.8, 4) is 0 Å². The SMILES string of the molecule is CCn1cc(C(C)NCCC(C)S(C)=O)cn1. The molecule has 17 heavy (non-hydrogen) atoms. The summed E-state index contributed by atoms with van der Waals surface area (Å²) in [4.78, 5) is 0. The molecule has 98 valence electrons. The van der Waals surface area contributed by atoms with Crippen molar-refractivity contribution in [2.75, 3.05) is 12.8 Å². The highest BCUT2D eigenvalue weighted by Crippen LogP contribution is 2.11. The first-order valence-electron chi connectivity index (χ1n) is 6.12. The molecule has 0 saturated carbocycles. The van der Waals surface area contributed by atoms with Crippen molar-refractivity contribution in [2.24, 2.45) is 0 Å². The molecular weight excluding hydrogens is 234 g/mol. The standard InChI is InChI=1S/C12H23N3OS/c1-5-15-9-12(8-14-15)11(3)13-7-6-10(2)17(4)16/h8-11,13H,5-7H2,1-4H3. The normalized spacial score (nSPS) is 16.7. The molecular formula is C12H23N3OS. The lowest BCUT2D eigenvalue weighted by atomic mass is 10.2. The molecule has 5 heteroatoms. The van der Waals surface area contributed by atoms with Gasteiger partial charge in [-0.2, -0.15) is 5.10 Å². The number of rotatable bonds is 7. The molecule has 0 bridgehead atoms. The molecule has 0 amide bonds. The predicted molar refractivity (Wildman–Crippen MR) is 72.5 cm³/mol. The van der Waals surface area contributed by atoms with E-state index >= 15 is 0 Å². The fourth-order valence-corrected chi connectivity index (χ4v) is 2.01. The van der Waals surface area contributed by atoms with E-state index < -0.39 is 10.8 Å². The molecule has 3 unspecified atom stereocenters. The van der Waals surface area contributed by atoms with Crippen molar-refractivity contribution in [1.29, 1.82) is 0 Å². The minimum Gasteiger partial charge on any atom is -0.310 e. The summed E-state index contributed by atoms with van der Waals surface area (Å²) in [7, 11) is -0.723. The first-order valence-corrected chi connectivity index (χ1v) is 7.74. The number of nitrogens with zero attached hydrogens (tertiary/aromatic N) is 2. The fourth-order valence-electron chi connectivity index (χ4n) is 1.56. The zero-order chi connectivity index (χ0) is 12.8. The summed E-state index contributed by atoms with van der Waals surface area (Å²) in [6, 6.07) is 0.299. The molecule has 1 aromatic rings. The van der Waals surface area contributed by atoms with E-state index in [-0.39, 0.29) is 5.25 Å². The lowest BCUT2D eigenvalue weighted by Gasteiger charge is -2.14. The molecule has 1 N–H and O–H groups in total. The van der Waals surface area contributed by atoms with Crippen LogP contribution in [0, 0.1) is 0 Å². The summed E-state index contributed by atoms with van der Waals surface area (Å²) in [5, 5.41) is 7.95. The van der Waals surface area contributed by atoms with Crippen LogP contribution in [-0.4, -0.2) is 32.0 Å². The minimum atomic E-state index is -0.723. The molecule has 0 aliphatic carbocycles. The Morgan fingerprint density at radius 3 is 2.76 bits per heavy atom. The lowest BCUT2D eigenvalue weighted by Crippen LogP contribution is -2.23. The molecule has 1 heterocycles. The molecule has 0 aliphatic rings. The van der Waals surface area contributed by atoms with Gasteiger partial charge in [0.1, 0.15) is 0 Å². The monoisotopic (exact) mass is 257 g/mol. The summed E-state index contributed by atoms with van der Waals surface area (Å²) in [5.74, 6) is 0. The average Bonchev–Trinajstić information content (AvgIpc) is 2.77. The Labute approximate surface area is 106 Å². The Morgan fingerprint density at radius 1 is 1.53 bits per heavy atom. The van der Waals surface area contributed by atoms with Gasteiger partial charge >= 0.3 is 0 Å². The van der Waals surface area contributed by atoms with Crippen molar-refractivity contribution in [1.82, 2.24) is 15.1 Å². The molecule has 0 saturated heterocycles. The van der Waals surface area contributed by atoms with Crippen LogP contribution >= 0.6 is 0 Å². The predicted octanol–water partition coefficient (Wildman–Crippen LogP) is 1.71. The van der Waals surface area contributed by atoms with Gasteiger partial charge in [-0.25, -0.2) is 0 Å². The van der Waals surface area contributed by atoms with Crippen molar-refractivity contribution in [3.63, 3.8) is 0 Å². The molecule has 4 nitrogen and oxygen atoms in total. The summed E-state index contributed by atoms with van der Waals surface area (Å²) >= 11 is 0. The van der Waals surface area contributed by atoms with E-state index in [1.54, 1.807) is 6.26 Å². The molecule has 0 aromatic carbocycles. The highest BCUT2D eigenvalue weighted by Gasteiger charge is 2.09. The van der Waals surface area contributed by atoms with Crippen LogP contribution in [0.1, 0.15) is 38.8 Å². The number of aromatic nitrogens is 2. The van der Waals surface area contributed by atoms with Crippen LogP contribution in [-0.2, 0) is 17.3 Å². The van der Waals surface area contributed by atoms with Gasteiger partial charge in [0, 0.05) is 46.7 Å². The Hall–Kier alpha value is -0.680. The third-order valence-electron chi connectivity index (χ3n) is 3.05. The summed E-state index contributed by atoms with van der Waals surface area (Å²) < 4.78 is 13.1. The topological polar surface area (TPSA) is 46.9 Å². The van der Waals surface area contributed by atoms with Crippen molar-refractivity contribution in [3.05, 3.63) is 18.0 Å². The average molecular weight is 257 g/mol. The summed E-state index contributed by atoms with van der Waals surface area (Å²) in [6.45, 7) is 8.02. The number of nitrogens with one attached hydrogen (secondary N) is 1. The van der Waals surface area contributed by atoms with Crippen LogP contribution in [0.5, 0.6) is 0 Å². The third kappa shape index (κ3) is 4.60. The minimum absolute atomic E-state index is 0.257. The van der Waals surface area contributed by atoms with Crippen LogP contribution in [0.2, 0.25) is 0 Å². The molecule has 1 aromatic heterocycles. The van der Waals surface area contributed by atoms with Crippen LogP contribution in [0.25, 0.3) is 0 Å². The quantitative estimate of drug-likeness (QED) is 0.809. The number of hydrogen-bond donors (Lipinski definition) is 1. The van der Waals surface area contributed by atoms with E-state index in [0.29, 0.717) is 6.04 Å². The molecule has 0 radical (unpaired) electrons. The number of aryl methyl sites for hydroxylation is 1. The van der Waals surface area contributed by atoms with Crippen molar-refractivity contribution >= 4 is 10.8 Å². The van der Waals surface area contributed by atoms with Gasteiger partial charge in [-0.15, -0.1) is 0 Å². The molecule has 0 aliphatic heterocycles. The molecule has 0 spiro atoms. The fraction of sp³-hybridized carbons (Fsp3) is 0.750. The maximum atomic E-state index is 11.2. The number of hydrogen-bond acceptors (Lipinski definition) is 3.